The average molecular weight is 335 g/mol. The minimum atomic E-state index is -0.308. The van der Waals surface area contributed by atoms with E-state index in [9.17, 15) is 14.7 Å². The Labute approximate surface area is 142 Å². The van der Waals surface area contributed by atoms with Crippen molar-refractivity contribution in [2.45, 2.75) is 57.3 Å². The molecule has 2 saturated carbocycles. The van der Waals surface area contributed by atoms with E-state index in [0.29, 0.717) is 18.9 Å². The molecule has 1 unspecified atom stereocenters. The number of likely N-dealkylation sites (tertiary alicyclic amines) is 1. The smallest absolute Gasteiger partial charge is 0.242 e. The van der Waals surface area contributed by atoms with Crippen LogP contribution in [-0.4, -0.2) is 45.5 Å². The number of nitrogens with zero attached hydrogens (tertiary/aromatic N) is 1. The zero-order valence-corrected chi connectivity index (χ0v) is 14.7. The Morgan fingerprint density at radius 1 is 1.43 bits per heavy atom. The Morgan fingerprint density at radius 2 is 2.17 bits per heavy atom. The molecule has 126 valence electrons. The van der Waals surface area contributed by atoms with Gasteiger partial charge in [0, 0.05) is 30.6 Å². The number of aliphatic hydroxyl groups excluding tert-OH is 1. The van der Waals surface area contributed by atoms with Crippen LogP contribution in [0.25, 0.3) is 0 Å². The Morgan fingerprint density at radius 3 is 2.74 bits per heavy atom. The fraction of sp³-hybridized carbons (Fsp3) is 0.778. The van der Waals surface area contributed by atoms with Crippen LogP contribution in [-0.2, 0) is 9.59 Å². The molecular formula is C18H25NO3S. The van der Waals surface area contributed by atoms with Gasteiger partial charge in [-0.05, 0) is 30.6 Å². The van der Waals surface area contributed by atoms with Crippen molar-refractivity contribution in [1.29, 1.82) is 0 Å². The van der Waals surface area contributed by atoms with Crippen molar-refractivity contribution in [2.24, 2.45) is 16.7 Å². The van der Waals surface area contributed by atoms with Crippen molar-refractivity contribution in [3.8, 4) is 12.3 Å². The fourth-order valence-electron chi connectivity index (χ4n) is 4.82. The first-order valence-corrected chi connectivity index (χ1v) is 9.45. The van der Waals surface area contributed by atoms with E-state index in [1.165, 1.54) is 4.90 Å². The van der Waals surface area contributed by atoms with Crippen LogP contribution in [0.5, 0.6) is 0 Å². The number of carbonyl (C=O) groups excluding carboxylic acids is 2. The van der Waals surface area contributed by atoms with E-state index in [2.05, 4.69) is 19.8 Å². The van der Waals surface area contributed by atoms with Gasteiger partial charge in [-0.25, -0.2) is 0 Å². The highest BCUT2D eigenvalue weighted by molar-refractivity contribution is 8.00. The first kappa shape index (κ1) is 16.9. The number of carbonyl (C=O) groups is 2. The second kappa shape index (κ2) is 5.82. The molecule has 5 heteroatoms. The van der Waals surface area contributed by atoms with Crippen LogP contribution in [0.4, 0.5) is 0 Å². The number of rotatable bonds is 5. The second-order valence-corrected chi connectivity index (χ2v) is 8.90. The molecule has 4 nitrogen and oxygen atoms in total. The topological polar surface area (TPSA) is 57.6 Å². The van der Waals surface area contributed by atoms with Crippen LogP contribution in [0, 0.1) is 29.1 Å². The lowest BCUT2D eigenvalue weighted by molar-refractivity contribution is -0.138. The third kappa shape index (κ3) is 2.42. The van der Waals surface area contributed by atoms with Crippen LogP contribution in [0.3, 0.4) is 0 Å². The fourth-order valence-corrected chi connectivity index (χ4v) is 6.56. The highest BCUT2D eigenvalue weighted by Gasteiger charge is 2.63. The van der Waals surface area contributed by atoms with E-state index in [1.54, 1.807) is 11.8 Å². The van der Waals surface area contributed by atoms with Crippen LogP contribution in [0.1, 0.15) is 46.0 Å². The summed E-state index contributed by atoms with van der Waals surface area (Å²) in [5.41, 5.74) is -0.00781. The predicted molar refractivity (Wildman–Crippen MR) is 90.6 cm³/mol. The van der Waals surface area contributed by atoms with Crippen molar-refractivity contribution >= 4 is 23.6 Å². The molecule has 0 radical (unpaired) electrons. The van der Waals surface area contributed by atoms with E-state index < -0.39 is 0 Å². The molecule has 0 aromatic carbocycles. The van der Waals surface area contributed by atoms with E-state index in [0.717, 1.165) is 25.0 Å². The maximum absolute atomic E-state index is 12.4. The molecule has 1 heterocycles. The van der Waals surface area contributed by atoms with Gasteiger partial charge in [0.25, 0.3) is 0 Å². The Balaban J connectivity index is 1.66. The lowest BCUT2D eigenvalue weighted by Crippen LogP contribution is -2.41. The number of fused-ring (bicyclic) bond motifs is 2. The molecule has 2 bridgehead atoms. The molecule has 1 N–H and O–H groups in total. The standard InChI is InChI=1S/C18H25NO3S/c1-4-5-8-19-15(21)10-13(16(19)22)23-11-18-7-6-12(9-14(18)20)17(18,2)3/h1,12-14,20H,5-11H2,2-3H3/t12-,13?,14-,18-/m1/s1. The minimum absolute atomic E-state index is 0.105. The van der Waals surface area contributed by atoms with Crippen LogP contribution in [0.15, 0.2) is 0 Å². The lowest BCUT2D eigenvalue weighted by atomic mass is 9.70. The van der Waals surface area contributed by atoms with Gasteiger partial charge in [-0.1, -0.05) is 13.8 Å². The summed E-state index contributed by atoms with van der Waals surface area (Å²) in [5, 5.41) is 10.3. The number of amides is 2. The summed E-state index contributed by atoms with van der Waals surface area (Å²) in [4.78, 5) is 25.8. The third-order valence-electron chi connectivity index (χ3n) is 6.61. The van der Waals surface area contributed by atoms with E-state index in [4.69, 9.17) is 6.42 Å². The summed E-state index contributed by atoms with van der Waals surface area (Å²) in [6, 6.07) is 0. The Hall–Kier alpha value is -0.990. The summed E-state index contributed by atoms with van der Waals surface area (Å²) in [5.74, 6) is 3.59. The summed E-state index contributed by atoms with van der Waals surface area (Å²) in [7, 11) is 0. The molecule has 1 aliphatic heterocycles. The van der Waals surface area contributed by atoms with Gasteiger partial charge >= 0.3 is 0 Å². The molecule has 3 aliphatic rings. The first-order chi connectivity index (χ1) is 10.8. The van der Waals surface area contributed by atoms with Gasteiger partial charge in [-0.15, -0.1) is 24.1 Å². The summed E-state index contributed by atoms with van der Waals surface area (Å²) < 4.78 is 0. The van der Waals surface area contributed by atoms with Crippen molar-refractivity contribution in [1.82, 2.24) is 4.90 Å². The zero-order chi connectivity index (χ0) is 16.8. The molecule has 2 amide bonds. The van der Waals surface area contributed by atoms with Crippen molar-refractivity contribution in [2.75, 3.05) is 12.3 Å². The molecule has 2 aliphatic carbocycles. The maximum Gasteiger partial charge on any atom is 0.242 e. The van der Waals surface area contributed by atoms with Gasteiger partial charge in [0.05, 0.1) is 11.4 Å². The second-order valence-electron chi connectivity index (χ2n) is 7.71. The van der Waals surface area contributed by atoms with Gasteiger partial charge in [0.1, 0.15) is 0 Å². The lowest BCUT2D eigenvalue weighted by Gasteiger charge is -2.40. The maximum atomic E-state index is 12.4. The monoisotopic (exact) mass is 335 g/mol. The van der Waals surface area contributed by atoms with Gasteiger partial charge in [-0.3, -0.25) is 14.5 Å². The largest absolute Gasteiger partial charge is 0.392 e. The molecule has 1 saturated heterocycles. The summed E-state index contributed by atoms with van der Waals surface area (Å²) in [6.07, 6.45) is 8.68. The first-order valence-electron chi connectivity index (χ1n) is 8.41. The minimum Gasteiger partial charge on any atom is -0.392 e. The molecule has 0 aromatic heterocycles. The van der Waals surface area contributed by atoms with Gasteiger partial charge < -0.3 is 5.11 Å². The summed E-state index contributed by atoms with van der Waals surface area (Å²) >= 11 is 1.56. The Bertz CT molecular complexity index is 567. The molecular weight excluding hydrogens is 310 g/mol. The highest BCUT2D eigenvalue weighted by Crippen LogP contribution is 2.66. The van der Waals surface area contributed by atoms with Crippen molar-refractivity contribution in [3.63, 3.8) is 0 Å². The number of aliphatic hydroxyl groups is 1. The van der Waals surface area contributed by atoms with Crippen molar-refractivity contribution in [3.05, 3.63) is 0 Å². The predicted octanol–water partition coefficient (Wildman–Crippen LogP) is 2.06. The van der Waals surface area contributed by atoms with Crippen molar-refractivity contribution < 1.29 is 14.7 Å². The SMILES string of the molecule is C#CCCN1C(=O)CC(SC[C@]23CC[C@H](C[C@H]2O)C3(C)C)C1=O. The number of hydrogen-bond acceptors (Lipinski definition) is 4. The number of terminal acetylenes is 1. The molecule has 3 fully saturated rings. The number of hydrogen-bond donors (Lipinski definition) is 1. The van der Waals surface area contributed by atoms with Crippen LogP contribution in [0.2, 0.25) is 0 Å². The molecule has 3 rings (SSSR count). The third-order valence-corrected chi connectivity index (χ3v) is 8.07. The van der Waals surface area contributed by atoms with Crippen LogP contribution >= 0.6 is 11.8 Å². The molecule has 0 aromatic rings. The zero-order valence-electron chi connectivity index (χ0n) is 13.9. The number of thioether (sulfide) groups is 1. The van der Waals surface area contributed by atoms with E-state index >= 15 is 0 Å². The van der Waals surface area contributed by atoms with Gasteiger partial charge in [0.2, 0.25) is 11.8 Å². The highest BCUT2D eigenvalue weighted by atomic mass is 32.2. The normalized spacial score (nSPS) is 38.3. The summed E-state index contributed by atoms with van der Waals surface area (Å²) in [6.45, 7) is 4.83. The quantitative estimate of drug-likeness (QED) is 0.617. The van der Waals surface area contributed by atoms with E-state index in [1.807, 2.05) is 0 Å². The molecule has 23 heavy (non-hydrogen) atoms. The van der Waals surface area contributed by atoms with E-state index in [-0.39, 0.29) is 40.4 Å². The molecule has 0 spiro atoms. The van der Waals surface area contributed by atoms with Crippen LogP contribution < -0.4 is 0 Å². The Kier molecular flexibility index (Phi) is 4.27. The molecule has 4 atom stereocenters. The number of imide groups is 1. The average Bonchev–Trinajstić information content (AvgIpc) is 2.98. The van der Waals surface area contributed by atoms with Gasteiger partial charge in [0.15, 0.2) is 0 Å². The van der Waals surface area contributed by atoms with Gasteiger partial charge in [-0.2, -0.15) is 0 Å².